The lowest BCUT2D eigenvalue weighted by Crippen LogP contribution is -2.51. The molecule has 0 atom stereocenters. The monoisotopic (exact) mass is 517 g/mol. The molecular formula is C24H28FN5O5S. The van der Waals surface area contributed by atoms with Gasteiger partial charge in [-0.25, -0.2) is 14.2 Å². The topological polar surface area (TPSA) is 112 Å². The maximum Gasteiger partial charge on any atom is 0.409 e. The van der Waals surface area contributed by atoms with E-state index >= 15 is 0 Å². The van der Waals surface area contributed by atoms with Crippen LogP contribution >= 0.6 is 11.3 Å². The van der Waals surface area contributed by atoms with Crippen LogP contribution in [-0.2, 0) is 20.7 Å². The van der Waals surface area contributed by atoms with Gasteiger partial charge in [0.1, 0.15) is 12.4 Å². The summed E-state index contributed by atoms with van der Waals surface area (Å²) >= 11 is 1.21. The third kappa shape index (κ3) is 6.56. The number of amides is 4. The molecule has 12 heteroatoms. The molecule has 36 heavy (non-hydrogen) atoms. The molecule has 0 bridgehead atoms. The first-order valence-corrected chi connectivity index (χ1v) is 12.7. The van der Waals surface area contributed by atoms with Gasteiger partial charge in [-0.3, -0.25) is 14.4 Å². The van der Waals surface area contributed by atoms with E-state index in [1.807, 2.05) is 0 Å². The Kier molecular flexibility index (Phi) is 8.14. The standard InChI is InChI=1S/C24H28FN5O5S/c1-2-35-24(34)29-11-9-28(10-12-29)21(32)13-18-15-36-23(26-18)27-20(31)14-30(19-7-8-19)22(33)16-3-5-17(25)6-4-16/h3-6,15,19H,2,7-14H2,1H3,(H,26,27,31). The van der Waals surface area contributed by atoms with E-state index in [9.17, 15) is 23.6 Å². The molecule has 1 saturated heterocycles. The number of anilines is 1. The minimum absolute atomic E-state index is 0.0120. The van der Waals surface area contributed by atoms with Crippen molar-refractivity contribution in [1.29, 1.82) is 0 Å². The molecule has 4 amide bonds. The molecule has 0 radical (unpaired) electrons. The molecule has 0 spiro atoms. The predicted molar refractivity (Wildman–Crippen MR) is 130 cm³/mol. The van der Waals surface area contributed by atoms with E-state index in [1.165, 1.54) is 40.5 Å². The van der Waals surface area contributed by atoms with Crippen molar-refractivity contribution < 1.29 is 28.3 Å². The van der Waals surface area contributed by atoms with Crippen molar-refractivity contribution in [2.75, 3.05) is 44.6 Å². The number of rotatable bonds is 8. The number of carbonyl (C=O) groups excluding carboxylic acids is 4. The summed E-state index contributed by atoms with van der Waals surface area (Å²) in [5.74, 6) is -1.24. The third-order valence-corrected chi connectivity index (χ3v) is 6.75. The molecule has 1 aromatic heterocycles. The van der Waals surface area contributed by atoms with Crippen molar-refractivity contribution in [2.45, 2.75) is 32.2 Å². The van der Waals surface area contributed by atoms with E-state index < -0.39 is 5.82 Å². The first-order valence-electron chi connectivity index (χ1n) is 11.8. The zero-order chi connectivity index (χ0) is 25.7. The molecule has 1 N–H and O–H groups in total. The van der Waals surface area contributed by atoms with Crippen molar-refractivity contribution in [3.8, 4) is 0 Å². The zero-order valence-corrected chi connectivity index (χ0v) is 20.8. The minimum atomic E-state index is -0.431. The zero-order valence-electron chi connectivity index (χ0n) is 19.9. The molecule has 1 saturated carbocycles. The Balaban J connectivity index is 1.27. The molecule has 4 rings (SSSR count). The lowest BCUT2D eigenvalue weighted by molar-refractivity contribution is -0.132. The second-order valence-corrected chi connectivity index (χ2v) is 9.46. The highest BCUT2D eigenvalue weighted by atomic mass is 32.1. The maximum atomic E-state index is 13.2. The van der Waals surface area contributed by atoms with Gasteiger partial charge in [-0.15, -0.1) is 11.3 Å². The molecular weight excluding hydrogens is 489 g/mol. The highest BCUT2D eigenvalue weighted by Crippen LogP contribution is 2.28. The van der Waals surface area contributed by atoms with Crippen molar-refractivity contribution in [3.63, 3.8) is 0 Å². The Labute approximate surface area is 212 Å². The van der Waals surface area contributed by atoms with Gasteiger partial charge in [-0.2, -0.15) is 0 Å². The predicted octanol–water partition coefficient (Wildman–Crippen LogP) is 2.37. The summed E-state index contributed by atoms with van der Waals surface area (Å²) in [4.78, 5) is 59.0. The SMILES string of the molecule is CCOC(=O)N1CCN(C(=O)Cc2csc(NC(=O)CN(C(=O)c3ccc(F)cc3)C3CC3)n2)CC1. The van der Waals surface area contributed by atoms with Gasteiger partial charge < -0.3 is 24.8 Å². The van der Waals surface area contributed by atoms with Crippen LogP contribution in [0.3, 0.4) is 0 Å². The van der Waals surface area contributed by atoms with Gasteiger partial charge in [-0.1, -0.05) is 0 Å². The van der Waals surface area contributed by atoms with Crippen molar-refractivity contribution >= 4 is 40.3 Å². The second kappa shape index (κ2) is 11.5. The van der Waals surface area contributed by atoms with Crippen LogP contribution in [0.25, 0.3) is 0 Å². The van der Waals surface area contributed by atoms with Crippen LogP contribution in [0, 0.1) is 5.82 Å². The van der Waals surface area contributed by atoms with E-state index in [-0.39, 0.29) is 42.8 Å². The molecule has 1 aromatic carbocycles. The van der Waals surface area contributed by atoms with Crippen LogP contribution in [0.5, 0.6) is 0 Å². The van der Waals surface area contributed by atoms with Crippen LogP contribution in [-0.4, -0.2) is 88.9 Å². The van der Waals surface area contributed by atoms with E-state index in [2.05, 4.69) is 10.3 Å². The minimum Gasteiger partial charge on any atom is -0.450 e. The van der Waals surface area contributed by atoms with Crippen LogP contribution < -0.4 is 5.32 Å². The van der Waals surface area contributed by atoms with Gasteiger partial charge in [0.05, 0.1) is 18.7 Å². The first kappa shape index (κ1) is 25.5. The fourth-order valence-corrected chi connectivity index (χ4v) is 4.62. The Morgan fingerprint density at radius 3 is 2.42 bits per heavy atom. The summed E-state index contributed by atoms with van der Waals surface area (Å²) in [5, 5.41) is 4.77. The number of nitrogens with zero attached hydrogens (tertiary/aromatic N) is 4. The van der Waals surface area contributed by atoms with Gasteiger partial charge in [-0.05, 0) is 44.0 Å². The third-order valence-electron chi connectivity index (χ3n) is 5.94. The summed E-state index contributed by atoms with van der Waals surface area (Å²) in [7, 11) is 0. The number of piperazine rings is 1. The Bertz CT molecular complexity index is 1110. The number of halogens is 1. The summed E-state index contributed by atoms with van der Waals surface area (Å²) in [6, 6.07) is 5.24. The van der Waals surface area contributed by atoms with Crippen LogP contribution in [0.15, 0.2) is 29.6 Å². The number of aromatic nitrogens is 1. The van der Waals surface area contributed by atoms with Crippen molar-refractivity contribution in [2.24, 2.45) is 0 Å². The summed E-state index contributed by atoms with van der Waals surface area (Å²) in [6.07, 6.45) is 1.35. The van der Waals surface area contributed by atoms with Crippen molar-refractivity contribution in [3.05, 3.63) is 46.7 Å². The average molecular weight is 518 g/mol. The number of hydrogen-bond donors (Lipinski definition) is 1. The lowest BCUT2D eigenvalue weighted by Gasteiger charge is -2.34. The smallest absolute Gasteiger partial charge is 0.409 e. The fourth-order valence-electron chi connectivity index (χ4n) is 3.89. The van der Waals surface area contributed by atoms with Gasteiger partial charge in [0.15, 0.2) is 5.13 Å². The molecule has 1 aliphatic heterocycles. The fraction of sp³-hybridized carbons (Fsp3) is 0.458. The molecule has 10 nitrogen and oxygen atoms in total. The molecule has 2 aromatic rings. The van der Waals surface area contributed by atoms with E-state index in [0.717, 1.165) is 12.8 Å². The normalized spacial score (nSPS) is 15.4. The number of carbonyl (C=O) groups is 4. The van der Waals surface area contributed by atoms with E-state index in [4.69, 9.17) is 4.74 Å². The Morgan fingerprint density at radius 2 is 1.78 bits per heavy atom. The van der Waals surface area contributed by atoms with Crippen LogP contribution in [0.1, 0.15) is 35.8 Å². The van der Waals surface area contributed by atoms with Gasteiger partial charge >= 0.3 is 6.09 Å². The van der Waals surface area contributed by atoms with E-state index in [0.29, 0.717) is 49.2 Å². The summed E-state index contributed by atoms with van der Waals surface area (Å²) in [6.45, 7) is 3.59. The highest BCUT2D eigenvalue weighted by molar-refractivity contribution is 7.13. The van der Waals surface area contributed by atoms with Crippen LogP contribution in [0.2, 0.25) is 0 Å². The quantitative estimate of drug-likeness (QED) is 0.576. The molecule has 2 fully saturated rings. The Hall–Kier alpha value is -3.54. The van der Waals surface area contributed by atoms with Crippen LogP contribution in [0.4, 0.5) is 14.3 Å². The lowest BCUT2D eigenvalue weighted by atomic mass is 10.2. The molecule has 2 aliphatic rings. The largest absolute Gasteiger partial charge is 0.450 e. The Morgan fingerprint density at radius 1 is 1.11 bits per heavy atom. The molecule has 192 valence electrons. The van der Waals surface area contributed by atoms with Gasteiger partial charge in [0.25, 0.3) is 5.91 Å². The second-order valence-electron chi connectivity index (χ2n) is 8.61. The van der Waals surface area contributed by atoms with Gasteiger partial charge in [0.2, 0.25) is 11.8 Å². The van der Waals surface area contributed by atoms with Gasteiger partial charge in [0, 0.05) is 43.2 Å². The highest BCUT2D eigenvalue weighted by Gasteiger charge is 2.34. The number of thiazole rings is 1. The molecule has 2 heterocycles. The number of hydrogen-bond acceptors (Lipinski definition) is 7. The summed E-state index contributed by atoms with van der Waals surface area (Å²) < 4.78 is 18.2. The summed E-state index contributed by atoms with van der Waals surface area (Å²) in [5.41, 5.74) is 0.865. The average Bonchev–Trinajstić information content (AvgIpc) is 3.63. The number of benzene rings is 1. The number of ether oxygens (including phenoxy) is 1. The molecule has 0 unspecified atom stereocenters. The first-order chi connectivity index (χ1) is 17.3. The van der Waals surface area contributed by atoms with Crippen molar-refractivity contribution in [1.82, 2.24) is 19.7 Å². The molecule has 1 aliphatic carbocycles. The van der Waals surface area contributed by atoms with E-state index in [1.54, 1.807) is 22.1 Å². The number of nitrogens with one attached hydrogen (secondary N) is 1. The maximum absolute atomic E-state index is 13.2.